The third-order valence-electron chi connectivity index (χ3n) is 9.24. The number of allylic oxidation sites excluding steroid dienone is 2. The Morgan fingerprint density at radius 3 is 2.56 bits per heavy atom. The van der Waals surface area contributed by atoms with Crippen LogP contribution < -0.4 is 0 Å². The average Bonchev–Trinajstić information content (AvgIpc) is 3.44. The summed E-state index contributed by atoms with van der Waals surface area (Å²) in [5.41, 5.74) is 0.888. The van der Waals surface area contributed by atoms with Crippen molar-refractivity contribution in [3.63, 3.8) is 0 Å². The van der Waals surface area contributed by atoms with Crippen molar-refractivity contribution < 1.29 is 37.7 Å². The van der Waals surface area contributed by atoms with Crippen LogP contribution >= 0.6 is 0 Å². The Bertz CT molecular complexity index is 1140. The number of carbonyl (C=O) groups excluding carboxylic acids is 3. The zero-order chi connectivity index (χ0) is 26.0. The maximum absolute atomic E-state index is 12.7. The van der Waals surface area contributed by atoms with E-state index < -0.39 is 29.0 Å². The van der Waals surface area contributed by atoms with Crippen LogP contribution in [0.15, 0.2) is 45.8 Å². The second-order valence-corrected chi connectivity index (χ2v) is 11.3. The highest BCUT2D eigenvalue weighted by molar-refractivity contribution is 5.85. The number of rotatable bonds is 4. The molecule has 0 spiro atoms. The molecule has 0 aromatic carbocycles. The van der Waals surface area contributed by atoms with Crippen LogP contribution in [-0.4, -0.2) is 37.2 Å². The first-order chi connectivity index (χ1) is 17.0. The van der Waals surface area contributed by atoms with Crippen LogP contribution in [-0.2, 0) is 33.3 Å². The first-order valence-electron chi connectivity index (χ1n) is 12.6. The SMILES string of the molecule is COC(=O)CC1C(C)(C)C(OC(C)=O)C[C@@H]2OC3=C(C)C4=CC(=O)OC(c5ccco5)C4C[C@@H]3C12C. The Morgan fingerprint density at radius 1 is 1.17 bits per heavy atom. The Hall–Kier alpha value is -3.03. The summed E-state index contributed by atoms with van der Waals surface area (Å²) in [6.45, 7) is 9.71. The molecule has 36 heavy (non-hydrogen) atoms. The molecule has 3 heterocycles. The quantitative estimate of drug-likeness (QED) is 0.436. The lowest BCUT2D eigenvalue weighted by molar-refractivity contribution is -0.186. The summed E-state index contributed by atoms with van der Waals surface area (Å²) in [6.07, 6.45) is 3.32. The van der Waals surface area contributed by atoms with Gasteiger partial charge in [-0.25, -0.2) is 4.79 Å². The largest absolute Gasteiger partial charge is 0.493 e. The lowest BCUT2D eigenvalue weighted by Gasteiger charge is -2.56. The van der Waals surface area contributed by atoms with E-state index in [-0.39, 0.29) is 42.2 Å². The molecule has 1 saturated heterocycles. The maximum Gasteiger partial charge on any atom is 0.331 e. The molecule has 5 rings (SSSR count). The molecule has 0 amide bonds. The molecule has 2 fully saturated rings. The number of cyclic esters (lactones) is 1. The number of esters is 3. The van der Waals surface area contributed by atoms with Gasteiger partial charge in [-0.3, -0.25) is 9.59 Å². The smallest absolute Gasteiger partial charge is 0.331 e. The fraction of sp³-hybridized carbons (Fsp3) is 0.607. The van der Waals surface area contributed by atoms with Crippen molar-refractivity contribution in [3.05, 3.63) is 47.1 Å². The summed E-state index contributed by atoms with van der Waals surface area (Å²) < 4.78 is 29.0. The van der Waals surface area contributed by atoms with E-state index in [0.717, 1.165) is 16.9 Å². The molecule has 5 unspecified atom stereocenters. The van der Waals surface area contributed by atoms with E-state index in [1.54, 1.807) is 18.4 Å². The van der Waals surface area contributed by atoms with E-state index in [0.29, 0.717) is 18.6 Å². The maximum atomic E-state index is 12.7. The molecular weight excluding hydrogens is 464 g/mol. The summed E-state index contributed by atoms with van der Waals surface area (Å²) in [5.74, 6) is 0.0975. The molecule has 1 aromatic heterocycles. The van der Waals surface area contributed by atoms with Crippen molar-refractivity contribution >= 4 is 17.9 Å². The van der Waals surface area contributed by atoms with Gasteiger partial charge in [0.1, 0.15) is 23.7 Å². The van der Waals surface area contributed by atoms with Crippen LogP contribution in [0, 0.1) is 28.6 Å². The van der Waals surface area contributed by atoms with Gasteiger partial charge >= 0.3 is 17.9 Å². The Kier molecular flexibility index (Phi) is 5.84. The molecule has 0 radical (unpaired) electrons. The van der Waals surface area contributed by atoms with E-state index in [4.69, 9.17) is 23.4 Å². The molecule has 0 N–H and O–H groups in total. The van der Waals surface area contributed by atoms with E-state index in [1.165, 1.54) is 14.0 Å². The Balaban J connectivity index is 1.61. The lowest BCUT2D eigenvalue weighted by Crippen LogP contribution is -2.58. The summed E-state index contributed by atoms with van der Waals surface area (Å²) in [6, 6.07) is 3.62. The predicted octanol–water partition coefficient (Wildman–Crippen LogP) is 4.66. The summed E-state index contributed by atoms with van der Waals surface area (Å²) >= 11 is 0. The van der Waals surface area contributed by atoms with Gasteiger partial charge in [0, 0.05) is 48.5 Å². The van der Waals surface area contributed by atoms with Gasteiger partial charge in [-0.2, -0.15) is 0 Å². The number of carbonyl (C=O) groups is 3. The van der Waals surface area contributed by atoms with Gasteiger partial charge in [-0.15, -0.1) is 0 Å². The first-order valence-corrected chi connectivity index (χ1v) is 12.6. The molecule has 194 valence electrons. The molecular formula is C28H34O8. The second-order valence-electron chi connectivity index (χ2n) is 11.3. The zero-order valence-electron chi connectivity index (χ0n) is 21.7. The topological polar surface area (TPSA) is 101 Å². The highest BCUT2D eigenvalue weighted by Crippen LogP contribution is 2.67. The number of furan rings is 1. The lowest BCUT2D eigenvalue weighted by atomic mass is 9.48. The Morgan fingerprint density at radius 2 is 1.92 bits per heavy atom. The van der Waals surface area contributed by atoms with Crippen molar-refractivity contribution in [1.29, 1.82) is 0 Å². The van der Waals surface area contributed by atoms with Crippen LogP contribution in [0.3, 0.4) is 0 Å². The monoisotopic (exact) mass is 498 g/mol. The molecule has 8 heteroatoms. The summed E-state index contributed by atoms with van der Waals surface area (Å²) in [7, 11) is 1.39. The molecule has 1 aromatic rings. The number of hydrogen-bond donors (Lipinski definition) is 0. The Labute approximate surface area is 211 Å². The fourth-order valence-electron chi connectivity index (χ4n) is 7.39. The van der Waals surface area contributed by atoms with Gasteiger partial charge in [-0.05, 0) is 42.5 Å². The second kappa shape index (κ2) is 8.53. The molecule has 4 aliphatic rings. The third-order valence-corrected chi connectivity index (χ3v) is 9.24. The van der Waals surface area contributed by atoms with Crippen LogP contribution in [0.5, 0.6) is 0 Å². The molecule has 2 aliphatic heterocycles. The van der Waals surface area contributed by atoms with Gasteiger partial charge in [0.05, 0.1) is 13.4 Å². The highest BCUT2D eigenvalue weighted by Gasteiger charge is 2.67. The fourth-order valence-corrected chi connectivity index (χ4v) is 7.39. The van der Waals surface area contributed by atoms with E-state index in [1.807, 2.05) is 13.0 Å². The minimum Gasteiger partial charge on any atom is -0.493 e. The van der Waals surface area contributed by atoms with Crippen LogP contribution in [0.2, 0.25) is 0 Å². The van der Waals surface area contributed by atoms with Crippen molar-refractivity contribution in [2.75, 3.05) is 7.11 Å². The van der Waals surface area contributed by atoms with Gasteiger partial charge in [0.25, 0.3) is 0 Å². The van der Waals surface area contributed by atoms with Gasteiger partial charge in [-0.1, -0.05) is 20.8 Å². The van der Waals surface area contributed by atoms with Crippen LogP contribution in [0.1, 0.15) is 65.7 Å². The minimum atomic E-state index is -0.531. The number of fused-ring (bicyclic) bond motifs is 4. The number of methoxy groups -OCH3 is 1. The average molecular weight is 499 g/mol. The summed E-state index contributed by atoms with van der Waals surface area (Å²) in [4.78, 5) is 37.2. The number of hydrogen-bond acceptors (Lipinski definition) is 8. The predicted molar refractivity (Wildman–Crippen MR) is 127 cm³/mol. The van der Waals surface area contributed by atoms with Crippen molar-refractivity contribution in [2.24, 2.45) is 28.6 Å². The van der Waals surface area contributed by atoms with E-state index in [9.17, 15) is 14.4 Å². The van der Waals surface area contributed by atoms with Crippen molar-refractivity contribution in [3.8, 4) is 0 Å². The van der Waals surface area contributed by atoms with Crippen LogP contribution in [0.4, 0.5) is 0 Å². The van der Waals surface area contributed by atoms with Crippen LogP contribution in [0.25, 0.3) is 0 Å². The summed E-state index contributed by atoms with van der Waals surface area (Å²) in [5, 5.41) is 0. The highest BCUT2D eigenvalue weighted by atomic mass is 16.6. The molecule has 2 aliphatic carbocycles. The van der Waals surface area contributed by atoms with E-state index >= 15 is 0 Å². The molecule has 8 nitrogen and oxygen atoms in total. The molecule has 1 saturated carbocycles. The third kappa shape index (κ3) is 3.59. The van der Waals surface area contributed by atoms with E-state index in [2.05, 4.69) is 20.8 Å². The van der Waals surface area contributed by atoms with Gasteiger partial charge in [0.2, 0.25) is 0 Å². The first kappa shape index (κ1) is 24.7. The number of ether oxygens (including phenoxy) is 4. The van der Waals surface area contributed by atoms with Crippen molar-refractivity contribution in [2.45, 2.75) is 72.2 Å². The molecule has 7 atom stereocenters. The molecule has 0 bridgehead atoms. The zero-order valence-corrected chi connectivity index (χ0v) is 21.7. The minimum absolute atomic E-state index is 0.0221. The standard InChI is InChI=1S/C28H34O8/c1-14-16-11-24(31)36-26(19-8-7-9-33-19)17(16)10-18-25(14)35-22-13-21(34-15(2)29)27(3,4)20(28(18,22)5)12-23(30)32-6/h7-9,11,17-18,20-22,26H,10,12-13H2,1-6H3/t17?,18-,20?,21?,22-,26?,28?/m0/s1. The van der Waals surface area contributed by atoms with Crippen molar-refractivity contribution in [1.82, 2.24) is 0 Å². The van der Waals surface area contributed by atoms with Gasteiger partial charge < -0.3 is 23.4 Å². The van der Waals surface area contributed by atoms with Gasteiger partial charge in [0.15, 0.2) is 6.10 Å². The normalized spacial score (nSPS) is 36.5.